The Labute approximate surface area is 222 Å². The number of nitrogens with zero attached hydrogens (tertiary/aromatic N) is 1. The molecular weight excluding hydrogens is 482 g/mol. The molecule has 0 spiro atoms. The predicted molar refractivity (Wildman–Crippen MR) is 143 cm³/mol. The minimum atomic E-state index is -0.750. The van der Waals surface area contributed by atoms with Crippen LogP contribution in [0.2, 0.25) is 0 Å². The summed E-state index contributed by atoms with van der Waals surface area (Å²) in [6, 6.07) is 19.4. The number of rotatable bonds is 7. The van der Waals surface area contributed by atoms with Gasteiger partial charge in [-0.3, -0.25) is 9.59 Å². The SMILES string of the molecule is Cc1cccc(C2/C(=C(/O)c3ccc4c(c3)OCCO4)C(=O)C(=O)N2Cc2ccc(OCC(C)C)cc2)c1. The van der Waals surface area contributed by atoms with E-state index in [-0.39, 0.29) is 17.9 Å². The molecule has 1 saturated heterocycles. The quantitative estimate of drug-likeness (QED) is 0.258. The van der Waals surface area contributed by atoms with Crippen molar-refractivity contribution in [3.8, 4) is 17.2 Å². The van der Waals surface area contributed by atoms with Crippen LogP contribution in [0.4, 0.5) is 0 Å². The zero-order valence-electron chi connectivity index (χ0n) is 21.8. The first-order valence-corrected chi connectivity index (χ1v) is 12.8. The average Bonchev–Trinajstić information content (AvgIpc) is 3.17. The van der Waals surface area contributed by atoms with Crippen LogP contribution in [-0.4, -0.2) is 41.5 Å². The summed E-state index contributed by atoms with van der Waals surface area (Å²) < 4.78 is 17.0. The van der Waals surface area contributed by atoms with Crippen molar-refractivity contribution in [1.82, 2.24) is 4.90 Å². The summed E-state index contributed by atoms with van der Waals surface area (Å²) >= 11 is 0. The molecule has 2 aliphatic rings. The maximum atomic E-state index is 13.4. The highest BCUT2D eigenvalue weighted by atomic mass is 16.6. The van der Waals surface area contributed by atoms with Crippen LogP contribution in [0, 0.1) is 12.8 Å². The number of aliphatic hydroxyl groups is 1. The fourth-order valence-electron chi connectivity index (χ4n) is 4.73. The molecule has 0 bridgehead atoms. The van der Waals surface area contributed by atoms with Crippen LogP contribution in [-0.2, 0) is 16.1 Å². The van der Waals surface area contributed by atoms with Gasteiger partial charge in [-0.25, -0.2) is 0 Å². The monoisotopic (exact) mass is 513 g/mol. The zero-order chi connectivity index (χ0) is 26.8. The fraction of sp³-hybridized carbons (Fsp3) is 0.290. The highest BCUT2D eigenvalue weighted by Gasteiger charge is 2.46. The predicted octanol–water partition coefficient (Wildman–Crippen LogP) is 5.42. The van der Waals surface area contributed by atoms with Crippen LogP contribution < -0.4 is 14.2 Å². The number of aryl methyl sites for hydroxylation is 1. The molecule has 196 valence electrons. The number of ketones is 1. The van der Waals surface area contributed by atoms with Crippen LogP contribution in [0.3, 0.4) is 0 Å². The third-order valence-electron chi connectivity index (χ3n) is 6.57. The molecule has 0 radical (unpaired) electrons. The average molecular weight is 514 g/mol. The number of amides is 1. The molecule has 1 unspecified atom stereocenters. The molecule has 1 fully saturated rings. The molecule has 0 aliphatic carbocycles. The van der Waals surface area contributed by atoms with Crippen LogP contribution in [0.5, 0.6) is 17.2 Å². The summed E-state index contributed by atoms with van der Waals surface area (Å²) in [5.74, 6) is 0.595. The largest absolute Gasteiger partial charge is 0.507 e. The van der Waals surface area contributed by atoms with Gasteiger partial charge in [-0.2, -0.15) is 0 Å². The van der Waals surface area contributed by atoms with Crippen LogP contribution >= 0.6 is 0 Å². The number of aliphatic hydroxyl groups excluding tert-OH is 1. The van der Waals surface area contributed by atoms with Gasteiger partial charge in [0.05, 0.1) is 18.2 Å². The van der Waals surface area contributed by atoms with Gasteiger partial charge >= 0.3 is 0 Å². The molecule has 3 aromatic rings. The highest BCUT2D eigenvalue weighted by Crippen LogP contribution is 2.42. The van der Waals surface area contributed by atoms with Gasteiger partial charge < -0.3 is 24.2 Å². The van der Waals surface area contributed by atoms with Gasteiger partial charge in [-0.1, -0.05) is 55.8 Å². The normalized spacial score (nSPS) is 18.2. The number of Topliss-reactive ketones (excluding diaryl/α,β-unsaturated/α-hetero) is 1. The Kier molecular flexibility index (Phi) is 7.09. The van der Waals surface area contributed by atoms with Crippen molar-refractivity contribution in [2.24, 2.45) is 5.92 Å². The number of ether oxygens (including phenoxy) is 3. The number of fused-ring (bicyclic) bond motifs is 1. The maximum Gasteiger partial charge on any atom is 0.295 e. The molecule has 2 aliphatic heterocycles. The number of carbonyl (C=O) groups excluding carboxylic acids is 2. The molecular formula is C31H31NO6. The first-order chi connectivity index (χ1) is 18.3. The van der Waals surface area contributed by atoms with E-state index in [9.17, 15) is 14.7 Å². The van der Waals surface area contributed by atoms with E-state index < -0.39 is 17.7 Å². The van der Waals surface area contributed by atoms with Gasteiger partial charge in [0.15, 0.2) is 11.5 Å². The Morgan fingerprint density at radius 1 is 1.00 bits per heavy atom. The third-order valence-corrected chi connectivity index (χ3v) is 6.57. The fourth-order valence-corrected chi connectivity index (χ4v) is 4.73. The first-order valence-electron chi connectivity index (χ1n) is 12.8. The summed E-state index contributed by atoms with van der Waals surface area (Å²) in [5, 5.41) is 11.4. The van der Waals surface area contributed by atoms with E-state index in [0.29, 0.717) is 42.8 Å². The number of hydrogen-bond acceptors (Lipinski definition) is 6. The molecule has 7 nitrogen and oxygen atoms in total. The molecule has 1 N–H and O–H groups in total. The molecule has 7 heteroatoms. The topological polar surface area (TPSA) is 85.3 Å². The van der Waals surface area contributed by atoms with Gasteiger partial charge in [0.1, 0.15) is 24.7 Å². The number of benzene rings is 3. The van der Waals surface area contributed by atoms with E-state index in [0.717, 1.165) is 22.4 Å². The Bertz CT molecular complexity index is 1390. The standard InChI is InChI=1S/C31H31NO6/c1-19(2)18-38-24-10-7-21(8-11-24)17-32-28(22-6-4-5-20(3)15-22)27(30(34)31(32)35)29(33)23-9-12-25-26(16-23)37-14-13-36-25/h4-12,15-16,19,28,33H,13-14,17-18H2,1-3H3/b29-27-. The molecule has 1 amide bonds. The van der Waals surface area contributed by atoms with Crippen molar-refractivity contribution < 1.29 is 28.9 Å². The molecule has 2 heterocycles. The molecule has 38 heavy (non-hydrogen) atoms. The molecule has 5 rings (SSSR count). The Balaban J connectivity index is 1.53. The summed E-state index contributed by atoms with van der Waals surface area (Å²) in [6.07, 6.45) is 0. The summed E-state index contributed by atoms with van der Waals surface area (Å²) in [7, 11) is 0. The minimum absolute atomic E-state index is 0.0502. The molecule has 3 aromatic carbocycles. The number of likely N-dealkylation sites (tertiary alicyclic amines) is 1. The lowest BCUT2D eigenvalue weighted by molar-refractivity contribution is -0.140. The number of hydrogen-bond donors (Lipinski definition) is 1. The Hall–Kier alpha value is -4.26. The lowest BCUT2D eigenvalue weighted by atomic mass is 9.94. The van der Waals surface area contributed by atoms with Gasteiger partial charge in [-0.15, -0.1) is 0 Å². The minimum Gasteiger partial charge on any atom is -0.507 e. The van der Waals surface area contributed by atoms with E-state index >= 15 is 0 Å². The van der Waals surface area contributed by atoms with E-state index in [1.807, 2.05) is 55.5 Å². The summed E-state index contributed by atoms with van der Waals surface area (Å²) in [5.41, 5.74) is 3.02. The van der Waals surface area contributed by atoms with Crippen molar-refractivity contribution in [1.29, 1.82) is 0 Å². The second kappa shape index (κ2) is 10.6. The van der Waals surface area contributed by atoms with Gasteiger partial charge in [0.25, 0.3) is 11.7 Å². The van der Waals surface area contributed by atoms with Gasteiger partial charge in [0.2, 0.25) is 0 Å². The van der Waals surface area contributed by atoms with Crippen molar-refractivity contribution in [2.45, 2.75) is 33.4 Å². The van der Waals surface area contributed by atoms with E-state index in [2.05, 4.69) is 13.8 Å². The van der Waals surface area contributed by atoms with Gasteiger partial charge in [-0.05, 0) is 54.3 Å². The first kappa shape index (κ1) is 25.4. The zero-order valence-corrected chi connectivity index (χ0v) is 21.8. The van der Waals surface area contributed by atoms with E-state index in [4.69, 9.17) is 14.2 Å². The van der Waals surface area contributed by atoms with Crippen molar-refractivity contribution in [2.75, 3.05) is 19.8 Å². The number of carbonyl (C=O) groups is 2. The van der Waals surface area contributed by atoms with Crippen LogP contribution in [0.25, 0.3) is 5.76 Å². The molecule has 1 atom stereocenters. The lowest BCUT2D eigenvalue weighted by Crippen LogP contribution is -2.29. The van der Waals surface area contributed by atoms with Crippen LogP contribution in [0.15, 0.2) is 72.3 Å². The lowest BCUT2D eigenvalue weighted by Gasteiger charge is -2.26. The Morgan fingerprint density at radius 3 is 2.45 bits per heavy atom. The smallest absolute Gasteiger partial charge is 0.295 e. The van der Waals surface area contributed by atoms with E-state index in [1.165, 1.54) is 4.90 Å². The second-order valence-corrected chi connectivity index (χ2v) is 10.0. The highest BCUT2D eigenvalue weighted by molar-refractivity contribution is 6.46. The van der Waals surface area contributed by atoms with Crippen molar-refractivity contribution >= 4 is 17.4 Å². The van der Waals surface area contributed by atoms with Crippen molar-refractivity contribution in [3.63, 3.8) is 0 Å². The molecule has 0 saturated carbocycles. The Morgan fingerprint density at radius 2 is 1.74 bits per heavy atom. The molecule has 0 aromatic heterocycles. The third kappa shape index (κ3) is 5.09. The second-order valence-electron chi connectivity index (χ2n) is 10.0. The summed E-state index contributed by atoms with van der Waals surface area (Å²) in [4.78, 5) is 28.3. The summed E-state index contributed by atoms with van der Waals surface area (Å²) in [6.45, 7) is 7.77. The van der Waals surface area contributed by atoms with Crippen molar-refractivity contribution in [3.05, 3.63) is 94.6 Å². The van der Waals surface area contributed by atoms with Gasteiger partial charge in [0, 0.05) is 12.1 Å². The maximum absolute atomic E-state index is 13.4. The van der Waals surface area contributed by atoms with E-state index in [1.54, 1.807) is 18.2 Å². The van der Waals surface area contributed by atoms with Crippen LogP contribution in [0.1, 0.15) is 42.1 Å².